The molecule has 4 rings (SSSR count). The molecule has 17 heteroatoms. The summed E-state index contributed by atoms with van der Waals surface area (Å²) >= 11 is 18.1. The van der Waals surface area contributed by atoms with Gasteiger partial charge in [-0.15, -0.1) is 0 Å². The standard InChI is InChI=1S/C18H22BrClN2O4S.C18H23ClN2O4S.2CH4/c1-17(2,3)25-15(23)22(16(24)26-18(4,5)6)14-11-7-10(9-19)12(20)8-13(11)27-21-14;1-10-8-11-13(9-12(10)19)26-20-14(11)21(15(22)24-17(2,3)4)16(23)25-18(5,6)7;;/h7-8H,9H2,1-6H3;8-9H,1-7H3;2*1H4. The lowest BCUT2D eigenvalue weighted by molar-refractivity contribution is 0.0407. The van der Waals surface area contributed by atoms with E-state index in [-0.39, 0.29) is 26.5 Å². The molecule has 0 saturated carbocycles. The van der Waals surface area contributed by atoms with Gasteiger partial charge in [0.1, 0.15) is 22.4 Å². The van der Waals surface area contributed by atoms with Gasteiger partial charge in [-0.1, -0.05) is 54.0 Å². The number of hydrogen-bond acceptors (Lipinski definition) is 12. The first-order chi connectivity index (χ1) is 24.1. The van der Waals surface area contributed by atoms with E-state index in [9.17, 15) is 19.2 Å². The summed E-state index contributed by atoms with van der Waals surface area (Å²) in [6.07, 6.45) is -3.38. The van der Waals surface area contributed by atoms with E-state index >= 15 is 0 Å². The number of fused-ring (bicyclic) bond motifs is 2. The highest BCUT2D eigenvalue weighted by Crippen LogP contribution is 2.37. The first kappa shape index (κ1) is 49.8. The predicted octanol–water partition coefficient (Wildman–Crippen LogP) is 13.7. The summed E-state index contributed by atoms with van der Waals surface area (Å²) in [6.45, 7) is 22.5. The Labute approximate surface area is 351 Å². The normalized spacial score (nSPS) is 11.7. The summed E-state index contributed by atoms with van der Waals surface area (Å²) in [7, 11) is 0. The number of rotatable bonds is 3. The number of carbonyl (C=O) groups excluding carboxylic acids is 4. The topological polar surface area (TPSA) is 137 Å². The van der Waals surface area contributed by atoms with Crippen LogP contribution in [0.4, 0.5) is 30.8 Å². The molecule has 4 aromatic rings. The third-order valence-electron chi connectivity index (χ3n) is 6.22. The fourth-order valence-corrected chi connectivity index (χ4v) is 6.91. The highest BCUT2D eigenvalue weighted by Gasteiger charge is 2.37. The van der Waals surface area contributed by atoms with Gasteiger partial charge in [0, 0.05) is 26.1 Å². The van der Waals surface area contributed by atoms with Gasteiger partial charge < -0.3 is 18.9 Å². The molecule has 0 atom stereocenters. The van der Waals surface area contributed by atoms with Crippen LogP contribution in [0.1, 0.15) is 109 Å². The number of hydrogen-bond donors (Lipinski definition) is 0. The summed E-state index contributed by atoms with van der Waals surface area (Å²) in [5, 5.41) is 2.95. The molecule has 4 amide bonds. The van der Waals surface area contributed by atoms with E-state index in [1.165, 1.54) is 0 Å². The third kappa shape index (κ3) is 14.0. The highest BCUT2D eigenvalue weighted by molar-refractivity contribution is 9.08. The molecule has 0 spiro atoms. The largest absolute Gasteiger partial charge is 0.443 e. The van der Waals surface area contributed by atoms with E-state index in [0.29, 0.717) is 26.1 Å². The van der Waals surface area contributed by atoms with Crippen molar-refractivity contribution >= 4 is 118 Å². The minimum absolute atomic E-state index is 0. The molecule has 0 fully saturated rings. The second kappa shape index (κ2) is 18.8. The zero-order valence-electron chi connectivity index (χ0n) is 32.0. The van der Waals surface area contributed by atoms with Crippen LogP contribution in [-0.4, -0.2) is 55.5 Å². The van der Waals surface area contributed by atoms with Gasteiger partial charge in [0.15, 0.2) is 11.6 Å². The number of nitrogens with zero attached hydrogens (tertiary/aromatic N) is 4. The Balaban J connectivity index is 0.000000531. The predicted molar refractivity (Wildman–Crippen MR) is 230 cm³/mol. The average molecular weight is 909 g/mol. The molecule has 0 radical (unpaired) electrons. The van der Waals surface area contributed by atoms with Crippen LogP contribution in [0, 0.1) is 6.92 Å². The number of imide groups is 2. The summed E-state index contributed by atoms with van der Waals surface area (Å²) in [6, 6.07) is 7.11. The number of carbonyl (C=O) groups is 4. The first-order valence-corrected chi connectivity index (χ1v) is 19.7. The van der Waals surface area contributed by atoms with Crippen LogP contribution in [0.2, 0.25) is 10.0 Å². The summed E-state index contributed by atoms with van der Waals surface area (Å²) in [5.41, 5.74) is -1.49. The molecule has 0 aliphatic rings. The number of anilines is 2. The fourth-order valence-electron chi connectivity index (χ4n) is 4.20. The maximum Gasteiger partial charge on any atom is 0.425 e. The molecule has 2 aromatic heterocycles. The van der Waals surface area contributed by atoms with Crippen molar-refractivity contribution in [3.8, 4) is 0 Å². The van der Waals surface area contributed by atoms with Crippen molar-refractivity contribution in [2.45, 2.75) is 133 Å². The van der Waals surface area contributed by atoms with Crippen molar-refractivity contribution in [3.63, 3.8) is 0 Å². The number of aryl methyl sites for hydroxylation is 1. The quantitative estimate of drug-likeness (QED) is 0.144. The lowest BCUT2D eigenvalue weighted by atomic mass is 10.2. The molecule has 0 N–H and O–H groups in total. The Morgan fingerprint density at radius 3 is 1.22 bits per heavy atom. The molecule has 2 aromatic carbocycles. The maximum atomic E-state index is 12.8. The van der Waals surface area contributed by atoms with Gasteiger partial charge in [-0.2, -0.15) is 18.5 Å². The van der Waals surface area contributed by atoms with E-state index in [2.05, 4.69) is 24.7 Å². The number of benzene rings is 2. The SMILES string of the molecule is C.C.CC(C)(C)OC(=O)N(C(=O)OC(C)(C)C)c1nsc2cc(Cl)c(CBr)cc12.Cc1cc2c(N(C(=O)OC(C)(C)C)C(=O)OC(C)(C)C)nsc2cc1Cl. The van der Waals surface area contributed by atoms with Gasteiger partial charge in [0.25, 0.3) is 0 Å². The first-order valence-electron chi connectivity index (χ1n) is 16.3. The highest BCUT2D eigenvalue weighted by atomic mass is 79.9. The molecule has 0 aliphatic heterocycles. The Hall–Kier alpha value is -3.24. The number of amides is 4. The summed E-state index contributed by atoms with van der Waals surface area (Å²) in [5.74, 6) is 0.339. The number of ether oxygens (including phenoxy) is 4. The number of halogens is 3. The molecule has 0 bridgehead atoms. The molecule has 55 heavy (non-hydrogen) atoms. The Kier molecular flexibility index (Phi) is 17.0. The second-order valence-electron chi connectivity index (χ2n) is 15.8. The summed E-state index contributed by atoms with van der Waals surface area (Å²) < 4.78 is 31.7. The average Bonchev–Trinajstić information content (AvgIpc) is 3.53. The van der Waals surface area contributed by atoms with Crippen LogP contribution in [0.3, 0.4) is 0 Å². The molecule has 306 valence electrons. The van der Waals surface area contributed by atoms with E-state index in [0.717, 1.165) is 53.4 Å². The van der Waals surface area contributed by atoms with Crippen LogP contribution in [0.25, 0.3) is 20.2 Å². The number of alkyl halides is 1. The lowest BCUT2D eigenvalue weighted by Gasteiger charge is -2.27. The zero-order chi connectivity index (χ0) is 40.4. The van der Waals surface area contributed by atoms with Crippen molar-refractivity contribution in [3.05, 3.63) is 45.4 Å². The molecule has 0 aliphatic carbocycles. The van der Waals surface area contributed by atoms with Gasteiger partial charge in [-0.25, -0.2) is 19.2 Å². The lowest BCUT2D eigenvalue weighted by Crippen LogP contribution is -2.44. The van der Waals surface area contributed by atoms with Crippen molar-refractivity contribution in [2.24, 2.45) is 0 Å². The van der Waals surface area contributed by atoms with Crippen molar-refractivity contribution < 1.29 is 38.1 Å². The van der Waals surface area contributed by atoms with Gasteiger partial charge in [0.05, 0.1) is 9.40 Å². The van der Waals surface area contributed by atoms with Gasteiger partial charge in [-0.3, -0.25) is 0 Å². The van der Waals surface area contributed by atoms with E-state index < -0.39 is 46.8 Å². The summed E-state index contributed by atoms with van der Waals surface area (Å²) in [4.78, 5) is 52.7. The van der Waals surface area contributed by atoms with Gasteiger partial charge in [0.2, 0.25) is 0 Å². The molecule has 0 saturated heterocycles. The molecule has 2 heterocycles. The van der Waals surface area contributed by atoms with E-state index in [1.54, 1.807) is 107 Å². The Bertz CT molecular complexity index is 1950. The van der Waals surface area contributed by atoms with Crippen LogP contribution in [-0.2, 0) is 24.3 Å². The Morgan fingerprint density at radius 2 is 0.909 bits per heavy atom. The molecule has 0 unspecified atom stereocenters. The van der Waals surface area contributed by atoms with Gasteiger partial charge in [-0.05, 0) is 148 Å². The fraction of sp³-hybridized carbons (Fsp3) is 0.526. The van der Waals surface area contributed by atoms with Gasteiger partial charge >= 0.3 is 24.4 Å². The smallest absolute Gasteiger partial charge is 0.425 e. The monoisotopic (exact) mass is 906 g/mol. The molecular formula is C38H53BrCl2N4O8S2. The van der Waals surface area contributed by atoms with E-state index in [1.807, 2.05) is 6.92 Å². The molecular weight excluding hydrogens is 855 g/mol. The maximum absolute atomic E-state index is 12.8. The minimum Gasteiger partial charge on any atom is -0.443 e. The molecule has 12 nitrogen and oxygen atoms in total. The zero-order valence-corrected chi connectivity index (χ0v) is 36.8. The third-order valence-corrected chi connectivity index (χ3v) is 9.18. The van der Waals surface area contributed by atoms with Crippen LogP contribution >= 0.6 is 62.2 Å². The van der Waals surface area contributed by atoms with Crippen LogP contribution in [0.15, 0.2) is 24.3 Å². The minimum atomic E-state index is -0.848. The van der Waals surface area contributed by atoms with Crippen molar-refractivity contribution in [1.82, 2.24) is 8.75 Å². The van der Waals surface area contributed by atoms with Crippen LogP contribution < -0.4 is 9.80 Å². The van der Waals surface area contributed by atoms with Crippen molar-refractivity contribution in [2.75, 3.05) is 9.80 Å². The number of aromatic nitrogens is 2. The van der Waals surface area contributed by atoms with E-state index in [4.69, 9.17) is 42.1 Å². The second-order valence-corrected chi connectivity index (χ2v) is 18.8. The Morgan fingerprint density at radius 1 is 0.600 bits per heavy atom. The van der Waals surface area contributed by atoms with Crippen molar-refractivity contribution in [1.29, 1.82) is 0 Å². The van der Waals surface area contributed by atoms with Crippen LogP contribution in [0.5, 0.6) is 0 Å².